The van der Waals surface area contributed by atoms with Crippen LogP contribution in [0.15, 0.2) is 27.6 Å². The number of hydrogen-bond acceptors (Lipinski definition) is 5. The first-order valence-electron chi connectivity index (χ1n) is 5.63. The lowest BCUT2D eigenvalue weighted by atomic mass is 10.2. The Morgan fingerprint density at radius 3 is 2.47 bits per heavy atom. The molecule has 0 aliphatic heterocycles. The van der Waals surface area contributed by atoms with Crippen molar-refractivity contribution in [1.82, 2.24) is 5.16 Å². The van der Waals surface area contributed by atoms with E-state index in [9.17, 15) is 8.42 Å². The van der Waals surface area contributed by atoms with Gasteiger partial charge in [0.1, 0.15) is 0 Å². The van der Waals surface area contributed by atoms with Crippen molar-refractivity contribution in [2.24, 2.45) is 0 Å². The second-order valence-electron chi connectivity index (χ2n) is 4.30. The highest BCUT2D eigenvalue weighted by Gasteiger charge is 2.21. The molecule has 0 radical (unpaired) electrons. The van der Waals surface area contributed by atoms with Gasteiger partial charge in [0.2, 0.25) is 5.88 Å². The number of nitrogen functional groups attached to an aromatic ring is 1. The molecule has 0 aliphatic carbocycles. The molecular weight excluding hydrogens is 266 g/mol. The minimum atomic E-state index is -3.74. The van der Waals surface area contributed by atoms with Crippen LogP contribution < -0.4 is 10.5 Å². The van der Waals surface area contributed by atoms with Crippen LogP contribution in [0.4, 0.5) is 11.6 Å². The van der Waals surface area contributed by atoms with Gasteiger partial charge in [0.15, 0.2) is 0 Å². The normalized spacial score (nSPS) is 11.5. The molecule has 0 saturated carbocycles. The van der Waals surface area contributed by atoms with Crippen LogP contribution in [0.5, 0.6) is 0 Å². The molecule has 2 aromatic rings. The Balaban J connectivity index is 2.44. The summed E-state index contributed by atoms with van der Waals surface area (Å²) in [5.41, 5.74) is 7.94. The molecule has 6 nitrogen and oxygen atoms in total. The predicted octanol–water partition coefficient (Wildman–Crippen LogP) is 1.98. The molecule has 102 valence electrons. The van der Waals surface area contributed by atoms with Crippen molar-refractivity contribution in [3.8, 4) is 0 Å². The van der Waals surface area contributed by atoms with Crippen LogP contribution in [-0.2, 0) is 10.0 Å². The fraction of sp³-hybridized carbons (Fsp3) is 0.250. The maximum Gasteiger partial charge on any atom is 0.264 e. The van der Waals surface area contributed by atoms with Gasteiger partial charge in [-0.05, 0) is 38.5 Å². The molecule has 3 N–H and O–H groups in total. The molecule has 0 atom stereocenters. The van der Waals surface area contributed by atoms with Crippen LogP contribution in [0.1, 0.15) is 16.8 Å². The summed E-state index contributed by atoms with van der Waals surface area (Å²) in [7, 11) is -3.74. The third-order valence-corrected chi connectivity index (χ3v) is 4.48. The van der Waals surface area contributed by atoms with E-state index in [4.69, 9.17) is 10.3 Å². The van der Waals surface area contributed by atoms with Gasteiger partial charge in [0.05, 0.1) is 10.6 Å². The van der Waals surface area contributed by atoms with Crippen molar-refractivity contribution >= 4 is 21.6 Å². The average molecular weight is 281 g/mol. The monoisotopic (exact) mass is 281 g/mol. The van der Waals surface area contributed by atoms with Crippen LogP contribution in [0.25, 0.3) is 0 Å². The first-order valence-corrected chi connectivity index (χ1v) is 7.12. The standard InChI is InChI=1S/C12H15N3O3S/c1-7-9(3)14-18-12(7)15-19(16,17)11-6-4-5-10(13)8(11)2/h4-6,15H,13H2,1-3H3. The summed E-state index contributed by atoms with van der Waals surface area (Å²) in [6.07, 6.45) is 0. The lowest BCUT2D eigenvalue weighted by Gasteiger charge is -2.10. The number of benzene rings is 1. The number of nitrogens with two attached hydrogens (primary N) is 1. The van der Waals surface area contributed by atoms with Gasteiger partial charge in [0, 0.05) is 11.3 Å². The molecule has 1 aromatic carbocycles. The van der Waals surface area contributed by atoms with Gasteiger partial charge in [-0.3, -0.25) is 0 Å². The molecule has 0 saturated heterocycles. The number of sulfonamides is 1. The summed E-state index contributed by atoms with van der Waals surface area (Å²) in [5.74, 6) is 0.124. The van der Waals surface area contributed by atoms with Gasteiger partial charge in [-0.2, -0.15) is 0 Å². The van der Waals surface area contributed by atoms with E-state index in [0.29, 0.717) is 22.5 Å². The van der Waals surface area contributed by atoms with Crippen LogP contribution in [0.2, 0.25) is 0 Å². The number of aryl methyl sites for hydroxylation is 1. The molecular formula is C12H15N3O3S. The van der Waals surface area contributed by atoms with Crippen molar-refractivity contribution in [3.05, 3.63) is 35.0 Å². The van der Waals surface area contributed by atoms with Crippen molar-refractivity contribution in [2.45, 2.75) is 25.7 Å². The largest absolute Gasteiger partial charge is 0.398 e. The van der Waals surface area contributed by atoms with E-state index >= 15 is 0 Å². The zero-order valence-electron chi connectivity index (χ0n) is 10.9. The van der Waals surface area contributed by atoms with E-state index in [1.54, 1.807) is 32.9 Å². The summed E-state index contributed by atoms with van der Waals surface area (Å²) in [6.45, 7) is 5.13. The lowest BCUT2D eigenvalue weighted by Crippen LogP contribution is -2.15. The van der Waals surface area contributed by atoms with Gasteiger partial charge in [0.25, 0.3) is 10.0 Å². The lowest BCUT2D eigenvalue weighted by molar-refractivity contribution is 0.430. The minimum Gasteiger partial charge on any atom is -0.398 e. The fourth-order valence-electron chi connectivity index (χ4n) is 1.61. The Morgan fingerprint density at radius 1 is 1.21 bits per heavy atom. The maximum atomic E-state index is 12.3. The topological polar surface area (TPSA) is 98.2 Å². The van der Waals surface area contributed by atoms with Gasteiger partial charge in [-0.1, -0.05) is 11.2 Å². The predicted molar refractivity (Wildman–Crippen MR) is 72.4 cm³/mol. The Kier molecular flexibility index (Phi) is 3.23. The Morgan fingerprint density at radius 2 is 1.89 bits per heavy atom. The average Bonchev–Trinajstić information content (AvgIpc) is 2.64. The number of hydrogen-bond donors (Lipinski definition) is 2. The molecule has 0 fully saturated rings. The van der Waals surface area contributed by atoms with E-state index in [2.05, 4.69) is 9.88 Å². The Labute approximate surface area is 111 Å². The van der Waals surface area contributed by atoms with Crippen LogP contribution in [0.3, 0.4) is 0 Å². The summed E-state index contributed by atoms with van der Waals surface area (Å²) >= 11 is 0. The summed E-state index contributed by atoms with van der Waals surface area (Å²) in [4.78, 5) is 0.126. The van der Waals surface area contributed by atoms with E-state index < -0.39 is 10.0 Å². The highest BCUT2D eigenvalue weighted by atomic mass is 32.2. The first kappa shape index (κ1) is 13.4. The zero-order chi connectivity index (χ0) is 14.2. The zero-order valence-corrected chi connectivity index (χ0v) is 11.7. The van der Waals surface area contributed by atoms with Crippen molar-refractivity contribution in [2.75, 3.05) is 10.5 Å². The van der Waals surface area contributed by atoms with E-state index in [1.165, 1.54) is 6.07 Å². The Hall–Kier alpha value is -2.02. The van der Waals surface area contributed by atoms with Crippen LogP contribution >= 0.6 is 0 Å². The molecule has 0 aliphatic rings. The molecule has 1 aromatic heterocycles. The van der Waals surface area contributed by atoms with E-state index in [0.717, 1.165) is 0 Å². The smallest absolute Gasteiger partial charge is 0.264 e. The van der Waals surface area contributed by atoms with E-state index in [1.807, 2.05) is 0 Å². The summed E-state index contributed by atoms with van der Waals surface area (Å²) in [6, 6.07) is 4.74. The Bertz CT molecular complexity index is 720. The van der Waals surface area contributed by atoms with Crippen molar-refractivity contribution in [3.63, 3.8) is 0 Å². The molecule has 0 spiro atoms. The number of aromatic nitrogens is 1. The van der Waals surface area contributed by atoms with Gasteiger partial charge < -0.3 is 10.3 Å². The molecule has 1 heterocycles. The number of anilines is 2. The van der Waals surface area contributed by atoms with Crippen LogP contribution in [-0.4, -0.2) is 13.6 Å². The SMILES string of the molecule is Cc1noc(NS(=O)(=O)c2cccc(N)c2C)c1C. The van der Waals surface area contributed by atoms with E-state index in [-0.39, 0.29) is 10.8 Å². The highest BCUT2D eigenvalue weighted by molar-refractivity contribution is 7.92. The second-order valence-corrected chi connectivity index (χ2v) is 5.95. The second kappa shape index (κ2) is 4.58. The molecule has 0 bridgehead atoms. The molecule has 0 amide bonds. The summed E-state index contributed by atoms with van der Waals surface area (Å²) < 4.78 is 31.9. The third kappa shape index (κ3) is 2.41. The number of nitrogens with one attached hydrogen (secondary N) is 1. The van der Waals surface area contributed by atoms with Crippen molar-refractivity contribution in [1.29, 1.82) is 0 Å². The van der Waals surface area contributed by atoms with Crippen LogP contribution in [0, 0.1) is 20.8 Å². The number of rotatable bonds is 3. The fourth-order valence-corrected chi connectivity index (χ4v) is 2.93. The maximum absolute atomic E-state index is 12.3. The highest BCUT2D eigenvalue weighted by Crippen LogP contribution is 2.25. The molecule has 2 rings (SSSR count). The van der Waals surface area contributed by atoms with Gasteiger partial charge >= 0.3 is 0 Å². The summed E-state index contributed by atoms with van der Waals surface area (Å²) in [5, 5.41) is 3.71. The molecule has 7 heteroatoms. The van der Waals surface area contributed by atoms with Gasteiger partial charge in [-0.15, -0.1) is 0 Å². The van der Waals surface area contributed by atoms with Crippen molar-refractivity contribution < 1.29 is 12.9 Å². The quantitative estimate of drug-likeness (QED) is 0.838. The first-order chi connectivity index (χ1) is 8.83. The minimum absolute atomic E-state index is 0.124. The molecule has 19 heavy (non-hydrogen) atoms. The van der Waals surface area contributed by atoms with Gasteiger partial charge in [-0.25, -0.2) is 13.1 Å². The molecule has 0 unspecified atom stereocenters. The third-order valence-electron chi connectivity index (χ3n) is 3.00. The number of nitrogens with zero attached hydrogens (tertiary/aromatic N) is 1.